The van der Waals surface area contributed by atoms with Crippen LogP contribution in [0.5, 0.6) is 0 Å². The first kappa shape index (κ1) is 15.7. The first-order valence-corrected chi connectivity index (χ1v) is 7.75. The van der Waals surface area contributed by atoms with Gasteiger partial charge in [0.1, 0.15) is 0 Å². The highest BCUT2D eigenvalue weighted by atomic mass is 16.6. The van der Waals surface area contributed by atoms with Crippen molar-refractivity contribution in [3.05, 3.63) is 11.8 Å². The van der Waals surface area contributed by atoms with Crippen molar-refractivity contribution < 1.29 is 14.3 Å². The molecular weight excluding hydrogens is 270 g/mol. The van der Waals surface area contributed by atoms with Crippen LogP contribution >= 0.6 is 0 Å². The van der Waals surface area contributed by atoms with Crippen LogP contribution in [-0.4, -0.2) is 54.6 Å². The fourth-order valence-electron chi connectivity index (χ4n) is 2.98. The number of carbonyl (C=O) groups excluding carboxylic acids is 2. The summed E-state index contributed by atoms with van der Waals surface area (Å²) in [4.78, 5) is 27.7. The Kier molecular flexibility index (Phi) is 5.47. The zero-order chi connectivity index (χ0) is 15.2. The van der Waals surface area contributed by atoms with Crippen LogP contribution in [0.4, 0.5) is 4.79 Å². The number of nitrogens with zero attached hydrogens (tertiary/aromatic N) is 2. The molecular formula is C15H25N3O3. The summed E-state index contributed by atoms with van der Waals surface area (Å²) in [5, 5.41) is 0. The second-order valence-corrected chi connectivity index (χ2v) is 5.61. The molecule has 21 heavy (non-hydrogen) atoms. The van der Waals surface area contributed by atoms with E-state index in [2.05, 4.69) is 0 Å². The Hall–Kier alpha value is -1.72. The molecule has 2 fully saturated rings. The van der Waals surface area contributed by atoms with Crippen molar-refractivity contribution >= 4 is 12.0 Å². The number of carbonyl (C=O) groups is 2. The van der Waals surface area contributed by atoms with E-state index in [9.17, 15) is 9.59 Å². The van der Waals surface area contributed by atoms with Gasteiger partial charge in [-0.1, -0.05) is 5.57 Å². The summed E-state index contributed by atoms with van der Waals surface area (Å²) < 4.78 is 4.98. The summed E-state index contributed by atoms with van der Waals surface area (Å²) >= 11 is 0. The third-order valence-corrected chi connectivity index (χ3v) is 4.33. The second kappa shape index (κ2) is 7.33. The molecule has 0 bridgehead atoms. The first-order valence-electron chi connectivity index (χ1n) is 7.75. The zero-order valence-corrected chi connectivity index (χ0v) is 12.7. The molecule has 0 aromatic heterocycles. The lowest BCUT2D eigenvalue weighted by molar-refractivity contribution is -0.137. The van der Waals surface area contributed by atoms with E-state index in [-0.39, 0.29) is 17.9 Å². The van der Waals surface area contributed by atoms with Gasteiger partial charge in [0, 0.05) is 32.1 Å². The fraction of sp³-hybridized carbons (Fsp3) is 0.733. The molecule has 6 nitrogen and oxygen atoms in total. The van der Waals surface area contributed by atoms with E-state index in [1.165, 1.54) is 5.57 Å². The van der Waals surface area contributed by atoms with Crippen LogP contribution in [0, 0.1) is 5.92 Å². The predicted octanol–water partition coefficient (Wildman–Crippen LogP) is 1.32. The van der Waals surface area contributed by atoms with Crippen molar-refractivity contribution in [1.82, 2.24) is 9.80 Å². The molecule has 1 heterocycles. The van der Waals surface area contributed by atoms with Gasteiger partial charge in [-0.05, 0) is 38.8 Å². The average molecular weight is 295 g/mol. The summed E-state index contributed by atoms with van der Waals surface area (Å²) in [5.74, 6) is 0.345. The largest absolute Gasteiger partial charge is 0.450 e. The molecule has 1 aliphatic carbocycles. The molecule has 2 rings (SSSR count). The van der Waals surface area contributed by atoms with E-state index in [4.69, 9.17) is 10.5 Å². The van der Waals surface area contributed by atoms with E-state index in [0.29, 0.717) is 32.8 Å². The number of nitrogens with two attached hydrogens (primary N) is 1. The molecule has 0 aromatic rings. The Morgan fingerprint density at radius 1 is 1.19 bits per heavy atom. The number of ether oxygens (including phenoxy) is 1. The number of hydrogen-bond acceptors (Lipinski definition) is 4. The highest BCUT2D eigenvalue weighted by molar-refractivity contribution is 5.79. The molecule has 1 aliphatic heterocycles. The number of amides is 2. The molecule has 2 N–H and O–H groups in total. The second-order valence-electron chi connectivity index (χ2n) is 5.61. The lowest BCUT2D eigenvalue weighted by Gasteiger charge is -2.36. The lowest BCUT2D eigenvalue weighted by Crippen LogP contribution is -2.52. The summed E-state index contributed by atoms with van der Waals surface area (Å²) in [7, 11) is 0. The molecule has 118 valence electrons. The summed E-state index contributed by atoms with van der Waals surface area (Å²) in [6.45, 7) is 4.51. The Labute approximate surface area is 125 Å². The quantitative estimate of drug-likeness (QED) is 0.833. The maximum Gasteiger partial charge on any atom is 0.409 e. The molecule has 0 spiro atoms. The smallest absolute Gasteiger partial charge is 0.409 e. The Morgan fingerprint density at radius 2 is 1.76 bits per heavy atom. The third-order valence-electron chi connectivity index (χ3n) is 4.33. The van der Waals surface area contributed by atoms with Crippen LogP contribution in [0.1, 0.15) is 32.6 Å². The van der Waals surface area contributed by atoms with Gasteiger partial charge in [0.2, 0.25) is 5.91 Å². The van der Waals surface area contributed by atoms with Crippen LogP contribution in [0.2, 0.25) is 0 Å². The van der Waals surface area contributed by atoms with Crippen molar-refractivity contribution in [2.24, 2.45) is 11.7 Å². The minimum atomic E-state index is -0.278. The van der Waals surface area contributed by atoms with Crippen molar-refractivity contribution in [3.63, 3.8) is 0 Å². The minimum Gasteiger partial charge on any atom is -0.450 e. The molecule has 2 aliphatic rings. The van der Waals surface area contributed by atoms with Crippen LogP contribution in [0.25, 0.3) is 0 Å². The van der Waals surface area contributed by atoms with Gasteiger partial charge in [-0.25, -0.2) is 4.79 Å². The molecule has 2 amide bonds. The van der Waals surface area contributed by atoms with Crippen LogP contribution in [0.15, 0.2) is 11.8 Å². The highest BCUT2D eigenvalue weighted by Gasteiger charge is 2.30. The third kappa shape index (κ3) is 3.89. The van der Waals surface area contributed by atoms with Gasteiger partial charge in [0.15, 0.2) is 0 Å². The number of piperazine rings is 1. The highest BCUT2D eigenvalue weighted by Crippen LogP contribution is 2.29. The number of allylic oxidation sites excluding steroid dienone is 1. The topological polar surface area (TPSA) is 75.9 Å². The molecule has 0 aromatic carbocycles. The van der Waals surface area contributed by atoms with E-state index < -0.39 is 0 Å². The normalized spacial score (nSPS) is 22.9. The number of rotatable bonds is 2. The maximum atomic E-state index is 12.5. The Morgan fingerprint density at radius 3 is 2.29 bits per heavy atom. The molecule has 0 unspecified atom stereocenters. The lowest BCUT2D eigenvalue weighted by atomic mass is 9.85. The van der Waals surface area contributed by atoms with Gasteiger partial charge in [0.05, 0.1) is 6.61 Å². The first-order chi connectivity index (χ1) is 10.2. The van der Waals surface area contributed by atoms with E-state index in [1.807, 2.05) is 4.90 Å². The van der Waals surface area contributed by atoms with Crippen molar-refractivity contribution in [2.45, 2.75) is 32.6 Å². The monoisotopic (exact) mass is 295 g/mol. The Bertz CT molecular complexity index is 404. The van der Waals surface area contributed by atoms with Gasteiger partial charge in [-0.15, -0.1) is 0 Å². The van der Waals surface area contributed by atoms with E-state index in [1.54, 1.807) is 18.0 Å². The van der Waals surface area contributed by atoms with E-state index in [0.717, 1.165) is 25.7 Å². The van der Waals surface area contributed by atoms with Crippen molar-refractivity contribution in [3.8, 4) is 0 Å². The van der Waals surface area contributed by atoms with Crippen LogP contribution in [0.3, 0.4) is 0 Å². The fourth-order valence-corrected chi connectivity index (χ4v) is 2.98. The van der Waals surface area contributed by atoms with Gasteiger partial charge in [0.25, 0.3) is 0 Å². The predicted molar refractivity (Wildman–Crippen MR) is 79.4 cm³/mol. The minimum absolute atomic E-state index is 0.114. The van der Waals surface area contributed by atoms with Crippen molar-refractivity contribution in [2.75, 3.05) is 32.8 Å². The van der Waals surface area contributed by atoms with Crippen LogP contribution < -0.4 is 5.73 Å². The summed E-state index contributed by atoms with van der Waals surface area (Å²) in [6, 6.07) is 0. The molecule has 1 saturated heterocycles. The van der Waals surface area contributed by atoms with Gasteiger partial charge >= 0.3 is 6.09 Å². The van der Waals surface area contributed by atoms with Crippen LogP contribution in [-0.2, 0) is 9.53 Å². The molecule has 0 radical (unpaired) electrons. The SMILES string of the molecule is CCOC(=O)N1CCN(C(=O)C2CCC(=CN)CC2)CC1. The average Bonchev–Trinajstić information content (AvgIpc) is 2.54. The maximum absolute atomic E-state index is 12.5. The Balaban J connectivity index is 1.79. The molecule has 1 saturated carbocycles. The van der Waals surface area contributed by atoms with Crippen molar-refractivity contribution in [1.29, 1.82) is 0 Å². The zero-order valence-electron chi connectivity index (χ0n) is 12.7. The van der Waals surface area contributed by atoms with Gasteiger partial charge in [-0.2, -0.15) is 0 Å². The van der Waals surface area contributed by atoms with Gasteiger partial charge < -0.3 is 20.3 Å². The number of hydrogen-bond donors (Lipinski definition) is 1. The molecule has 0 atom stereocenters. The summed E-state index contributed by atoms with van der Waals surface area (Å²) in [5.41, 5.74) is 6.78. The van der Waals surface area contributed by atoms with E-state index >= 15 is 0 Å². The standard InChI is InChI=1S/C15H25N3O3/c1-2-21-15(20)18-9-7-17(8-10-18)14(19)13-5-3-12(11-16)4-6-13/h11,13H,2-10,16H2,1H3. The summed E-state index contributed by atoms with van der Waals surface area (Å²) in [6.07, 6.45) is 5.03. The molecule has 6 heteroatoms. The van der Waals surface area contributed by atoms with Gasteiger partial charge in [-0.3, -0.25) is 4.79 Å².